The van der Waals surface area contributed by atoms with Gasteiger partial charge in [-0.05, 0) is 164 Å². The number of imidazole rings is 6. The lowest BCUT2D eigenvalue weighted by Gasteiger charge is -2.12. The molecule has 0 atom stereocenters. The standard InChI is InChI=1S/3C41H27N5/c1-4-14-28(15-5-1)32-20-10-11-21-33(32)31-24-25-38-39(26-31)45-37-23-13-12-22-34(37)44-41(45)46(38)40-42-35(29-16-6-2-7-17-29)27-36(43-40)30-18-8-3-9-19-30;1-4-13-28(14-5-1)31-19-12-20-32(25-31)33-23-24-38-39(26-33)45-37-22-11-10-21-34(37)44-41(45)46(38)40-42-35(29-15-6-2-7-16-29)27-36(43-40)30-17-8-3-9-18-30;1-4-12-28(13-5-1)29-20-22-30(23-21-29)33-24-25-38-39(26-33)45-37-19-11-10-18-34(37)44-41(45)46(38)40-42-35(31-14-6-2-7-15-31)27-36(43-40)32-16-8-3-9-17-32/h3*1-27H. The second-order valence-electron chi connectivity index (χ2n) is 34.1. The van der Waals surface area contributed by atoms with E-state index in [4.69, 9.17) is 44.9 Å². The molecular formula is C123H81N15. The summed E-state index contributed by atoms with van der Waals surface area (Å²) in [4.78, 5) is 46.4. The average molecular weight is 1770 g/mol. The molecule has 0 bridgehead atoms. The Morgan fingerprint density at radius 2 is 0.333 bits per heavy atom. The molecule has 0 spiro atoms. The van der Waals surface area contributed by atoms with E-state index in [0.29, 0.717) is 17.8 Å². The van der Waals surface area contributed by atoms with Gasteiger partial charge in [0.1, 0.15) is 0 Å². The van der Waals surface area contributed by atoms with Gasteiger partial charge in [-0.15, -0.1) is 0 Å². The predicted molar refractivity (Wildman–Crippen MR) is 561 cm³/mol. The Morgan fingerprint density at radius 3 is 0.659 bits per heavy atom. The van der Waals surface area contributed by atoms with Crippen molar-refractivity contribution in [1.82, 2.24) is 71.8 Å². The van der Waals surface area contributed by atoms with Crippen LogP contribution in [0.1, 0.15) is 0 Å². The molecule has 0 aliphatic rings. The number of aromatic nitrogens is 15. The Morgan fingerprint density at radius 1 is 0.123 bits per heavy atom. The number of hydrogen-bond acceptors (Lipinski definition) is 9. The highest BCUT2D eigenvalue weighted by Crippen LogP contribution is 2.42. The van der Waals surface area contributed by atoms with Crippen LogP contribution in [0.4, 0.5) is 0 Å². The van der Waals surface area contributed by atoms with Gasteiger partial charge >= 0.3 is 0 Å². The third kappa shape index (κ3) is 15.0. The van der Waals surface area contributed by atoms with Crippen LogP contribution in [0.25, 0.3) is 236 Å². The quantitative estimate of drug-likeness (QED) is 0.0979. The normalized spacial score (nSPS) is 11.5. The van der Waals surface area contributed by atoms with Crippen molar-refractivity contribution in [2.45, 2.75) is 0 Å². The Balaban J connectivity index is 0.000000110. The number of nitrogens with zero attached hydrogens (tertiary/aromatic N) is 15. The number of fused-ring (bicyclic) bond motifs is 15. The largest absolute Gasteiger partial charge is 0.276 e. The summed E-state index contributed by atoms with van der Waals surface area (Å²) in [6, 6.07) is 170. The Kier molecular flexibility index (Phi) is 20.5. The molecule has 0 saturated heterocycles. The van der Waals surface area contributed by atoms with Gasteiger partial charge in [-0.1, -0.05) is 394 Å². The van der Waals surface area contributed by atoms with Gasteiger partial charge < -0.3 is 0 Å². The van der Waals surface area contributed by atoms with Crippen molar-refractivity contribution in [2.75, 3.05) is 0 Å². The number of para-hydroxylation sites is 6. The lowest BCUT2D eigenvalue weighted by molar-refractivity contribution is 0.971. The number of rotatable bonds is 15. The number of hydrogen-bond donors (Lipinski definition) is 0. The molecule has 0 fully saturated rings. The molecule has 138 heavy (non-hydrogen) atoms. The van der Waals surface area contributed by atoms with E-state index in [1.165, 1.54) is 38.9 Å². The van der Waals surface area contributed by atoms with Crippen molar-refractivity contribution < 1.29 is 0 Å². The van der Waals surface area contributed by atoms with Crippen LogP contribution in [0, 0.1) is 0 Å². The van der Waals surface area contributed by atoms with Crippen molar-refractivity contribution in [3.05, 3.63) is 491 Å². The van der Waals surface area contributed by atoms with E-state index >= 15 is 0 Å². The summed E-state index contributed by atoms with van der Waals surface area (Å²) in [5, 5.41) is 0. The van der Waals surface area contributed by atoms with Crippen LogP contribution in [0.5, 0.6) is 0 Å². The number of benzene rings is 18. The molecule has 0 aliphatic carbocycles. The first kappa shape index (κ1) is 81.0. The summed E-state index contributed by atoms with van der Waals surface area (Å²) >= 11 is 0. The van der Waals surface area contributed by atoms with E-state index in [2.05, 4.69) is 385 Å². The summed E-state index contributed by atoms with van der Waals surface area (Å²) in [6.45, 7) is 0. The van der Waals surface area contributed by atoms with E-state index in [9.17, 15) is 0 Å². The van der Waals surface area contributed by atoms with Gasteiger partial charge in [-0.3, -0.25) is 13.2 Å². The summed E-state index contributed by atoms with van der Waals surface area (Å²) < 4.78 is 13.0. The fraction of sp³-hybridized carbons (Fsp3) is 0. The molecule has 0 radical (unpaired) electrons. The van der Waals surface area contributed by atoms with Gasteiger partial charge in [0.25, 0.3) is 0 Å². The second kappa shape index (κ2) is 35.0. The predicted octanol–water partition coefficient (Wildman–Crippen LogP) is 29.7. The average Bonchev–Trinajstić information content (AvgIpc) is 1.57. The Bertz CT molecular complexity index is 9050. The van der Waals surface area contributed by atoms with Crippen LogP contribution in [0.3, 0.4) is 0 Å². The SMILES string of the molecule is c1ccc(-c2cc(-c3ccccc3)nc(-n3c4ccc(-c5ccccc5-c5ccccc5)cc4n4c5ccccc5nc34)n2)cc1.c1ccc(-c2ccc(-c3ccc4c(c3)n3c5ccccc5nc3n4-c3nc(-c4ccccc4)cc(-c4ccccc4)n3)cc2)cc1.c1ccc(-c2cccc(-c3ccc4c(c3)n3c5ccccc5nc3n4-c3nc(-c4ccccc4)cc(-c4ccccc4)n3)c2)cc1. The minimum Gasteiger partial charge on any atom is -0.276 e. The fourth-order valence-corrected chi connectivity index (χ4v) is 19.1. The summed E-state index contributed by atoms with van der Waals surface area (Å²) in [7, 11) is 0. The van der Waals surface area contributed by atoms with E-state index in [1.807, 2.05) is 133 Å². The highest BCUT2D eigenvalue weighted by Gasteiger charge is 2.27. The molecule has 9 aromatic heterocycles. The first-order valence-corrected chi connectivity index (χ1v) is 46.1. The molecule has 0 aliphatic heterocycles. The molecule has 648 valence electrons. The minimum atomic E-state index is 0.577. The van der Waals surface area contributed by atoms with Crippen LogP contribution in [-0.4, -0.2) is 71.8 Å². The highest BCUT2D eigenvalue weighted by atomic mass is 15.3. The third-order valence-electron chi connectivity index (χ3n) is 25.7. The van der Waals surface area contributed by atoms with Gasteiger partial charge in [-0.25, -0.2) is 58.6 Å². The fourth-order valence-electron chi connectivity index (χ4n) is 19.1. The minimum absolute atomic E-state index is 0.577. The van der Waals surface area contributed by atoms with Gasteiger partial charge in [0.05, 0.1) is 100 Å². The molecule has 0 N–H and O–H groups in total. The molecule has 15 nitrogen and oxygen atoms in total. The molecule has 0 amide bonds. The summed E-state index contributed by atoms with van der Waals surface area (Å²) in [6.07, 6.45) is 0. The lowest BCUT2D eigenvalue weighted by atomic mass is 9.94. The molecule has 27 rings (SSSR count). The summed E-state index contributed by atoms with van der Waals surface area (Å²) in [5.41, 5.74) is 37.4. The van der Waals surface area contributed by atoms with Crippen molar-refractivity contribution in [1.29, 1.82) is 0 Å². The van der Waals surface area contributed by atoms with Gasteiger partial charge in [0.2, 0.25) is 35.2 Å². The molecular weight excluding hydrogens is 1690 g/mol. The van der Waals surface area contributed by atoms with E-state index in [0.717, 1.165) is 179 Å². The maximum Gasteiger partial charge on any atom is 0.238 e. The van der Waals surface area contributed by atoms with Gasteiger partial charge in [0.15, 0.2) is 0 Å². The Labute approximate surface area is 793 Å². The maximum atomic E-state index is 5.17. The molecule has 15 heteroatoms. The first-order valence-electron chi connectivity index (χ1n) is 46.1. The van der Waals surface area contributed by atoms with E-state index < -0.39 is 0 Å². The van der Waals surface area contributed by atoms with Crippen LogP contribution >= 0.6 is 0 Å². The second-order valence-corrected chi connectivity index (χ2v) is 34.1. The lowest BCUT2D eigenvalue weighted by Crippen LogP contribution is -2.04. The van der Waals surface area contributed by atoms with E-state index in [-0.39, 0.29) is 0 Å². The monoisotopic (exact) mass is 1770 g/mol. The van der Waals surface area contributed by atoms with Crippen LogP contribution in [-0.2, 0) is 0 Å². The Hall–Kier alpha value is -19.0. The summed E-state index contributed by atoms with van der Waals surface area (Å²) in [5.74, 6) is 4.05. The zero-order valence-corrected chi connectivity index (χ0v) is 74.5. The zero-order valence-electron chi connectivity index (χ0n) is 74.5. The van der Waals surface area contributed by atoms with Crippen molar-refractivity contribution >= 4 is 83.5 Å². The first-order chi connectivity index (χ1) is 68.4. The van der Waals surface area contributed by atoms with Crippen molar-refractivity contribution in [3.8, 4) is 152 Å². The molecule has 9 heterocycles. The van der Waals surface area contributed by atoms with Gasteiger partial charge in [0, 0.05) is 33.4 Å². The molecule has 18 aromatic carbocycles. The molecule has 0 saturated carbocycles. The van der Waals surface area contributed by atoms with Crippen LogP contribution < -0.4 is 0 Å². The van der Waals surface area contributed by atoms with Crippen LogP contribution in [0.2, 0.25) is 0 Å². The van der Waals surface area contributed by atoms with E-state index in [1.54, 1.807) is 0 Å². The maximum absolute atomic E-state index is 5.17. The highest BCUT2D eigenvalue weighted by molar-refractivity contribution is 5.99. The van der Waals surface area contributed by atoms with Crippen molar-refractivity contribution in [3.63, 3.8) is 0 Å². The topological polar surface area (TPSA) is 144 Å². The van der Waals surface area contributed by atoms with Crippen molar-refractivity contribution in [2.24, 2.45) is 0 Å². The molecule has 0 unspecified atom stereocenters. The van der Waals surface area contributed by atoms with Gasteiger partial charge in [-0.2, -0.15) is 0 Å². The third-order valence-corrected chi connectivity index (χ3v) is 25.7. The van der Waals surface area contributed by atoms with Crippen LogP contribution in [0.15, 0.2) is 491 Å². The smallest absolute Gasteiger partial charge is 0.238 e. The zero-order chi connectivity index (χ0) is 91.4. The molecule has 27 aromatic rings.